The zero-order valence-electron chi connectivity index (χ0n) is 12.6. The fraction of sp³-hybridized carbons (Fsp3) is 0.211. The maximum atomic E-state index is 6.99. The van der Waals surface area contributed by atoms with Gasteiger partial charge in [0.2, 0.25) is 0 Å². The third-order valence-electron chi connectivity index (χ3n) is 3.10. The number of hydrogen-bond donors (Lipinski definition) is 1. The second kappa shape index (κ2) is 8.87. The molecule has 0 aliphatic heterocycles. The Balaban J connectivity index is 0.000000956. The van der Waals surface area contributed by atoms with Crippen molar-refractivity contribution >= 4 is 6.21 Å². The van der Waals surface area contributed by atoms with E-state index in [0.717, 1.165) is 6.42 Å². The average Bonchev–Trinajstić information content (AvgIpc) is 2.52. The molecule has 1 heteroatoms. The van der Waals surface area contributed by atoms with Crippen LogP contribution in [-0.2, 0) is 6.42 Å². The first-order chi connectivity index (χ1) is 9.83. The number of rotatable bonds is 4. The number of benzene rings is 2. The summed E-state index contributed by atoms with van der Waals surface area (Å²) in [5.74, 6) is 0. The summed E-state index contributed by atoms with van der Waals surface area (Å²) in [5, 5.41) is 6.99. The van der Waals surface area contributed by atoms with Crippen LogP contribution in [0.25, 0.3) is 11.1 Å². The van der Waals surface area contributed by atoms with E-state index < -0.39 is 0 Å². The molecule has 0 unspecified atom stereocenters. The van der Waals surface area contributed by atoms with Crippen molar-refractivity contribution in [2.24, 2.45) is 0 Å². The van der Waals surface area contributed by atoms with Crippen LogP contribution in [0.3, 0.4) is 0 Å². The summed E-state index contributed by atoms with van der Waals surface area (Å²) in [4.78, 5) is 0. The molecule has 0 bridgehead atoms. The molecule has 0 spiro atoms. The first-order valence-electron chi connectivity index (χ1n) is 7.12. The van der Waals surface area contributed by atoms with E-state index >= 15 is 0 Å². The van der Waals surface area contributed by atoms with E-state index in [2.05, 4.69) is 49.4 Å². The Morgan fingerprint density at radius 1 is 0.950 bits per heavy atom. The maximum Gasteiger partial charge on any atom is 0.0174 e. The van der Waals surface area contributed by atoms with Crippen LogP contribution < -0.4 is 0 Å². The lowest BCUT2D eigenvalue weighted by molar-refractivity contribution is 1.22. The summed E-state index contributed by atoms with van der Waals surface area (Å²) in [6.07, 6.45) is 5.98. The van der Waals surface area contributed by atoms with Gasteiger partial charge in [-0.1, -0.05) is 68.5 Å². The molecule has 0 aliphatic carbocycles. The molecule has 0 heterocycles. The van der Waals surface area contributed by atoms with E-state index in [9.17, 15) is 0 Å². The largest absolute Gasteiger partial charge is 0.309 e. The number of allylic oxidation sites excluding steroid dienone is 2. The van der Waals surface area contributed by atoms with Crippen molar-refractivity contribution in [1.82, 2.24) is 0 Å². The Bertz CT molecular complexity index is 553. The predicted molar refractivity (Wildman–Crippen MR) is 89.6 cm³/mol. The second-order valence-corrected chi connectivity index (χ2v) is 4.25. The van der Waals surface area contributed by atoms with Gasteiger partial charge in [0.15, 0.2) is 0 Å². The smallest absolute Gasteiger partial charge is 0.0174 e. The van der Waals surface area contributed by atoms with Crippen LogP contribution in [0.15, 0.2) is 60.7 Å². The van der Waals surface area contributed by atoms with Gasteiger partial charge in [0, 0.05) is 6.21 Å². The van der Waals surface area contributed by atoms with Crippen molar-refractivity contribution in [1.29, 1.82) is 5.41 Å². The van der Waals surface area contributed by atoms with Crippen LogP contribution in [0.5, 0.6) is 0 Å². The maximum absolute atomic E-state index is 6.99. The Labute approximate surface area is 122 Å². The minimum absolute atomic E-state index is 0.877. The third kappa shape index (κ3) is 4.20. The molecule has 1 N–H and O–H groups in total. The van der Waals surface area contributed by atoms with Gasteiger partial charge >= 0.3 is 0 Å². The van der Waals surface area contributed by atoms with E-state index in [1.165, 1.54) is 28.5 Å². The van der Waals surface area contributed by atoms with Gasteiger partial charge in [-0.3, -0.25) is 0 Å². The highest BCUT2D eigenvalue weighted by atomic mass is 14.3. The molecular weight excluding hydrogens is 242 g/mol. The molecule has 0 amide bonds. The Morgan fingerprint density at radius 2 is 1.65 bits per heavy atom. The summed E-state index contributed by atoms with van der Waals surface area (Å²) in [6.45, 7) is 6.16. The van der Waals surface area contributed by atoms with Crippen molar-refractivity contribution in [3.05, 3.63) is 71.8 Å². The Hall–Kier alpha value is -2.15. The Morgan fingerprint density at radius 3 is 2.30 bits per heavy atom. The summed E-state index contributed by atoms with van der Waals surface area (Å²) < 4.78 is 0. The molecule has 0 radical (unpaired) electrons. The van der Waals surface area contributed by atoms with Crippen molar-refractivity contribution < 1.29 is 0 Å². The monoisotopic (exact) mass is 265 g/mol. The topological polar surface area (TPSA) is 23.9 Å². The minimum Gasteiger partial charge on any atom is -0.309 e. The molecule has 0 fully saturated rings. The minimum atomic E-state index is 0.877. The van der Waals surface area contributed by atoms with Gasteiger partial charge in [-0.25, -0.2) is 0 Å². The van der Waals surface area contributed by atoms with E-state index in [-0.39, 0.29) is 0 Å². The van der Waals surface area contributed by atoms with Crippen LogP contribution >= 0.6 is 0 Å². The van der Waals surface area contributed by atoms with Crippen LogP contribution in [-0.4, -0.2) is 6.21 Å². The first-order valence-corrected chi connectivity index (χ1v) is 7.12. The lowest BCUT2D eigenvalue weighted by Gasteiger charge is -2.10. The van der Waals surface area contributed by atoms with Crippen LogP contribution in [0.4, 0.5) is 0 Å². The molecule has 0 atom stereocenters. The molecule has 0 saturated carbocycles. The second-order valence-electron chi connectivity index (χ2n) is 4.25. The molecule has 2 rings (SSSR count). The molecular formula is C19H23N. The van der Waals surface area contributed by atoms with Gasteiger partial charge < -0.3 is 5.41 Å². The van der Waals surface area contributed by atoms with Gasteiger partial charge in [-0.05, 0) is 41.7 Å². The van der Waals surface area contributed by atoms with Crippen molar-refractivity contribution in [3.8, 4) is 11.1 Å². The van der Waals surface area contributed by atoms with Crippen molar-refractivity contribution in [2.75, 3.05) is 0 Å². The predicted octanol–water partition coefficient (Wildman–Crippen LogP) is 5.44. The molecule has 2 aromatic carbocycles. The van der Waals surface area contributed by atoms with Gasteiger partial charge in [-0.15, -0.1) is 0 Å². The van der Waals surface area contributed by atoms with Crippen LogP contribution in [0, 0.1) is 12.3 Å². The number of nitrogens with one attached hydrogen (secondary N) is 1. The highest BCUT2D eigenvalue weighted by Gasteiger charge is 2.04. The molecule has 0 aromatic heterocycles. The Kier molecular flexibility index (Phi) is 7.05. The summed E-state index contributed by atoms with van der Waals surface area (Å²) in [7, 11) is 0. The average molecular weight is 265 g/mol. The van der Waals surface area contributed by atoms with E-state index in [4.69, 9.17) is 5.41 Å². The molecule has 20 heavy (non-hydrogen) atoms. The van der Waals surface area contributed by atoms with E-state index in [1.54, 1.807) is 6.08 Å². The van der Waals surface area contributed by atoms with E-state index in [0.29, 0.717) is 0 Å². The molecule has 0 saturated heterocycles. The molecule has 2 aromatic rings. The van der Waals surface area contributed by atoms with Crippen molar-refractivity contribution in [2.45, 2.75) is 27.2 Å². The van der Waals surface area contributed by atoms with Crippen LogP contribution in [0.1, 0.15) is 25.0 Å². The summed E-state index contributed by atoms with van der Waals surface area (Å²) >= 11 is 0. The quantitative estimate of drug-likeness (QED) is 0.712. The highest BCUT2D eigenvalue weighted by molar-refractivity contribution is 5.69. The molecule has 104 valence electrons. The molecule has 1 nitrogen and oxygen atoms in total. The highest BCUT2D eigenvalue weighted by Crippen LogP contribution is 2.25. The zero-order chi connectivity index (χ0) is 14.8. The number of hydrogen-bond acceptors (Lipinski definition) is 1. The normalized spacial score (nSPS) is 9.95. The lowest BCUT2D eigenvalue weighted by atomic mass is 9.95. The molecule has 0 aliphatic rings. The van der Waals surface area contributed by atoms with E-state index in [1.807, 2.05) is 26.0 Å². The van der Waals surface area contributed by atoms with Gasteiger partial charge in [0.25, 0.3) is 0 Å². The lowest BCUT2D eigenvalue weighted by Crippen LogP contribution is -1.91. The van der Waals surface area contributed by atoms with Gasteiger partial charge in [-0.2, -0.15) is 0 Å². The zero-order valence-corrected chi connectivity index (χ0v) is 12.6. The third-order valence-corrected chi connectivity index (χ3v) is 3.10. The summed E-state index contributed by atoms with van der Waals surface area (Å²) in [5.41, 5.74) is 5.18. The summed E-state index contributed by atoms with van der Waals surface area (Å²) in [6, 6.07) is 16.9. The standard InChI is InChI=1S/C17H17N.C2H6/c1-14-15(8-5-6-13-18)11-7-12-17(14)16-9-3-2-4-10-16;1-2/h2-7,9-13,18H,8H2,1H3;1-2H3/b6-5-,18-13?;. The first kappa shape index (κ1) is 15.9. The van der Waals surface area contributed by atoms with Crippen molar-refractivity contribution in [3.63, 3.8) is 0 Å². The van der Waals surface area contributed by atoms with Crippen LogP contribution in [0.2, 0.25) is 0 Å². The SMILES string of the molecule is CC.Cc1c(C/C=C\C=N)cccc1-c1ccccc1. The van der Waals surface area contributed by atoms with Gasteiger partial charge in [0.05, 0.1) is 0 Å². The van der Waals surface area contributed by atoms with Gasteiger partial charge in [0.1, 0.15) is 0 Å². The fourth-order valence-corrected chi connectivity index (χ4v) is 2.10. The fourth-order valence-electron chi connectivity index (χ4n) is 2.10.